The number of ether oxygens (including phenoxy) is 1. The third kappa shape index (κ3) is 1.62. The van der Waals surface area contributed by atoms with E-state index in [-0.39, 0.29) is 0 Å². The van der Waals surface area contributed by atoms with Gasteiger partial charge in [-0.25, -0.2) is 0 Å². The van der Waals surface area contributed by atoms with Gasteiger partial charge in [-0.1, -0.05) is 6.92 Å². The molecule has 2 rings (SSSR count). The van der Waals surface area contributed by atoms with Crippen molar-refractivity contribution >= 4 is 0 Å². The maximum absolute atomic E-state index is 5.48. The van der Waals surface area contributed by atoms with E-state index in [1.165, 1.54) is 32.4 Å². The van der Waals surface area contributed by atoms with Gasteiger partial charge in [0.15, 0.2) is 0 Å². The van der Waals surface area contributed by atoms with Crippen LogP contribution in [0.2, 0.25) is 0 Å². The predicted molar refractivity (Wildman–Crippen MR) is 53.7 cm³/mol. The second-order valence-corrected chi connectivity index (χ2v) is 5.17. The first kappa shape index (κ1) is 9.47. The molecule has 76 valence electrons. The van der Waals surface area contributed by atoms with Crippen LogP contribution in [0, 0.1) is 11.3 Å². The van der Waals surface area contributed by atoms with Crippen LogP contribution in [-0.4, -0.2) is 38.3 Å². The topological polar surface area (TPSA) is 12.5 Å². The Morgan fingerprint density at radius 2 is 2.08 bits per heavy atom. The lowest BCUT2D eigenvalue weighted by Crippen LogP contribution is -2.57. The molecule has 2 aliphatic rings. The summed E-state index contributed by atoms with van der Waals surface area (Å²) in [6.45, 7) is 4.97. The Balaban J connectivity index is 1.92. The fourth-order valence-electron chi connectivity index (χ4n) is 3.39. The number of methoxy groups -OCH3 is 1. The first-order valence-corrected chi connectivity index (χ1v) is 5.37. The van der Waals surface area contributed by atoms with Crippen LogP contribution in [-0.2, 0) is 4.74 Å². The zero-order chi connectivity index (χ0) is 9.47. The van der Waals surface area contributed by atoms with Gasteiger partial charge in [0.1, 0.15) is 0 Å². The molecule has 1 saturated carbocycles. The first-order valence-electron chi connectivity index (χ1n) is 5.37. The van der Waals surface area contributed by atoms with Crippen LogP contribution in [0.1, 0.15) is 26.2 Å². The number of hydrogen-bond acceptors (Lipinski definition) is 2. The molecule has 2 unspecified atom stereocenters. The van der Waals surface area contributed by atoms with Gasteiger partial charge in [-0.15, -0.1) is 0 Å². The molecule has 1 aliphatic heterocycles. The minimum absolute atomic E-state index is 0.525. The van der Waals surface area contributed by atoms with Crippen molar-refractivity contribution < 1.29 is 4.74 Å². The van der Waals surface area contributed by atoms with Crippen molar-refractivity contribution in [3.8, 4) is 0 Å². The van der Waals surface area contributed by atoms with Crippen LogP contribution >= 0.6 is 0 Å². The second-order valence-electron chi connectivity index (χ2n) is 5.17. The van der Waals surface area contributed by atoms with Crippen molar-refractivity contribution in [1.82, 2.24) is 4.90 Å². The zero-order valence-corrected chi connectivity index (χ0v) is 9.05. The van der Waals surface area contributed by atoms with Crippen LogP contribution in [0.15, 0.2) is 0 Å². The highest BCUT2D eigenvalue weighted by Crippen LogP contribution is 2.45. The molecule has 0 amide bonds. The SMILES string of the molecule is COC1CCC2(CC1C)CN(C)C2. The number of rotatable bonds is 1. The van der Waals surface area contributed by atoms with E-state index in [1.807, 2.05) is 7.11 Å². The molecule has 2 atom stereocenters. The lowest BCUT2D eigenvalue weighted by Gasteiger charge is -2.54. The summed E-state index contributed by atoms with van der Waals surface area (Å²) in [7, 11) is 4.07. The minimum Gasteiger partial charge on any atom is -0.381 e. The largest absolute Gasteiger partial charge is 0.381 e. The molecule has 1 saturated heterocycles. The number of likely N-dealkylation sites (tertiary alicyclic amines) is 1. The fourth-order valence-corrected chi connectivity index (χ4v) is 3.39. The van der Waals surface area contributed by atoms with E-state index in [2.05, 4.69) is 18.9 Å². The first-order chi connectivity index (χ1) is 6.15. The van der Waals surface area contributed by atoms with Gasteiger partial charge in [-0.05, 0) is 37.6 Å². The van der Waals surface area contributed by atoms with Crippen molar-refractivity contribution in [3.05, 3.63) is 0 Å². The molecule has 0 aromatic heterocycles. The Kier molecular flexibility index (Phi) is 2.37. The quantitative estimate of drug-likeness (QED) is 0.614. The van der Waals surface area contributed by atoms with Crippen LogP contribution in [0.3, 0.4) is 0 Å². The van der Waals surface area contributed by atoms with E-state index in [1.54, 1.807) is 0 Å². The normalized spacial score (nSPS) is 39.0. The summed E-state index contributed by atoms with van der Waals surface area (Å²) in [6.07, 6.45) is 4.54. The molecular formula is C11H21NO. The summed E-state index contributed by atoms with van der Waals surface area (Å²) in [5.41, 5.74) is 0.670. The van der Waals surface area contributed by atoms with E-state index in [9.17, 15) is 0 Å². The predicted octanol–water partition coefficient (Wildman–Crippen LogP) is 1.75. The van der Waals surface area contributed by atoms with E-state index in [0.717, 1.165) is 5.92 Å². The molecule has 0 radical (unpaired) electrons. The Bertz CT molecular complexity index is 187. The van der Waals surface area contributed by atoms with Gasteiger partial charge in [0, 0.05) is 20.2 Å². The van der Waals surface area contributed by atoms with Crippen molar-refractivity contribution in [3.63, 3.8) is 0 Å². The molecule has 0 aromatic carbocycles. The van der Waals surface area contributed by atoms with Gasteiger partial charge in [0.2, 0.25) is 0 Å². The van der Waals surface area contributed by atoms with Gasteiger partial charge in [-0.3, -0.25) is 0 Å². The number of hydrogen-bond donors (Lipinski definition) is 0. The lowest BCUT2D eigenvalue weighted by molar-refractivity contribution is -0.0771. The third-order valence-electron chi connectivity index (χ3n) is 3.86. The van der Waals surface area contributed by atoms with Gasteiger partial charge >= 0.3 is 0 Å². The molecule has 2 nitrogen and oxygen atoms in total. The summed E-state index contributed by atoms with van der Waals surface area (Å²) in [5.74, 6) is 0.757. The summed E-state index contributed by atoms with van der Waals surface area (Å²) in [5, 5.41) is 0. The molecule has 1 aliphatic carbocycles. The van der Waals surface area contributed by atoms with Crippen molar-refractivity contribution in [2.45, 2.75) is 32.3 Å². The Morgan fingerprint density at radius 3 is 2.54 bits per heavy atom. The maximum atomic E-state index is 5.48. The molecule has 0 bridgehead atoms. The van der Waals surface area contributed by atoms with Crippen molar-refractivity contribution in [2.24, 2.45) is 11.3 Å². The summed E-state index contributed by atoms with van der Waals surface area (Å²) in [4.78, 5) is 2.43. The number of nitrogens with zero attached hydrogens (tertiary/aromatic N) is 1. The van der Waals surface area contributed by atoms with Crippen LogP contribution in [0.25, 0.3) is 0 Å². The van der Waals surface area contributed by atoms with Gasteiger partial charge in [0.25, 0.3) is 0 Å². The average molecular weight is 183 g/mol. The Labute approximate surface area is 81.3 Å². The summed E-state index contributed by atoms with van der Waals surface area (Å²) >= 11 is 0. The molecular weight excluding hydrogens is 162 g/mol. The van der Waals surface area contributed by atoms with Crippen molar-refractivity contribution in [1.29, 1.82) is 0 Å². The molecule has 2 heteroatoms. The van der Waals surface area contributed by atoms with Gasteiger partial charge < -0.3 is 9.64 Å². The van der Waals surface area contributed by atoms with Crippen LogP contribution in [0.4, 0.5) is 0 Å². The molecule has 0 aromatic rings. The highest BCUT2D eigenvalue weighted by atomic mass is 16.5. The fraction of sp³-hybridized carbons (Fsp3) is 1.00. The monoisotopic (exact) mass is 183 g/mol. The zero-order valence-electron chi connectivity index (χ0n) is 9.05. The highest BCUT2D eigenvalue weighted by Gasteiger charge is 2.45. The third-order valence-corrected chi connectivity index (χ3v) is 3.86. The Morgan fingerprint density at radius 1 is 1.38 bits per heavy atom. The van der Waals surface area contributed by atoms with Crippen LogP contribution < -0.4 is 0 Å². The molecule has 13 heavy (non-hydrogen) atoms. The standard InChI is InChI=1S/C11H21NO/c1-9-6-11(7-12(2)8-11)5-4-10(9)13-3/h9-10H,4-8H2,1-3H3. The molecule has 1 spiro atoms. The maximum Gasteiger partial charge on any atom is 0.0597 e. The van der Waals surface area contributed by atoms with E-state index in [4.69, 9.17) is 4.74 Å². The summed E-state index contributed by atoms with van der Waals surface area (Å²) < 4.78 is 5.48. The summed E-state index contributed by atoms with van der Waals surface area (Å²) in [6, 6.07) is 0. The molecule has 1 heterocycles. The second kappa shape index (κ2) is 3.25. The minimum atomic E-state index is 0.525. The van der Waals surface area contributed by atoms with Crippen LogP contribution in [0.5, 0.6) is 0 Å². The Hall–Kier alpha value is -0.0800. The van der Waals surface area contributed by atoms with E-state index >= 15 is 0 Å². The lowest BCUT2D eigenvalue weighted by atomic mass is 9.65. The van der Waals surface area contributed by atoms with E-state index in [0.29, 0.717) is 11.5 Å². The highest BCUT2D eigenvalue weighted by molar-refractivity contribution is 4.98. The van der Waals surface area contributed by atoms with Gasteiger partial charge in [0.05, 0.1) is 6.10 Å². The van der Waals surface area contributed by atoms with Crippen molar-refractivity contribution in [2.75, 3.05) is 27.2 Å². The van der Waals surface area contributed by atoms with E-state index < -0.39 is 0 Å². The van der Waals surface area contributed by atoms with Gasteiger partial charge in [-0.2, -0.15) is 0 Å². The molecule has 2 fully saturated rings. The smallest absolute Gasteiger partial charge is 0.0597 e. The molecule has 0 N–H and O–H groups in total. The average Bonchev–Trinajstić information content (AvgIpc) is 2.02.